The Hall–Kier alpha value is -1.36. The molecule has 0 aliphatic carbocycles. The van der Waals surface area contributed by atoms with Gasteiger partial charge in [0.1, 0.15) is 0 Å². The van der Waals surface area contributed by atoms with Gasteiger partial charge in [-0.05, 0) is 0 Å². The van der Waals surface area contributed by atoms with Crippen LogP contribution in [0.5, 0.6) is 11.5 Å². The van der Waals surface area contributed by atoms with Gasteiger partial charge in [0.15, 0.2) is 29.7 Å². The van der Waals surface area contributed by atoms with Crippen molar-refractivity contribution in [3.05, 3.63) is 23.8 Å². The molecule has 0 amide bonds. The van der Waals surface area contributed by atoms with Gasteiger partial charge in [0.25, 0.3) is 0 Å². The molecule has 3 nitrogen and oxygen atoms in total. The van der Waals surface area contributed by atoms with E-state index in [9.17, 15) is 13.9 Å². The van der Waals surface area contributed by atoms with E-state index in [4.69, 9.17) is 9.47 Å². The third-order valence-electron chi connectivity index (χ3n) is 1.81. The first-order valence-electron chi connectivity index (χ1n) is 4.01. The largest absolute Gasteiger partial charge is 0.483 e. The summed E-state index contributed by atoms with van der Waals surface area (Å²) in [4.78, 5) is 0. The first-order valence-corrected chi connectivity index (χ1v) is 4.01. The van der Waals surface area contributed by atoms with E-state index >= 15 is 0 Å². The van der Waals surface area contributed by atoms with E-state index in [0.717, 1.165) is 12.1 Å². The van der Waals surface area contributed by atoms with Gasteiger partial charge in [0.05, 0.1) is 0 Å². The quantitative estimate of drug-likeness (QED) is 0.691. The van der Waals surface area contributed by atoms with Crippen LogP contribution in [-0.2, 0) is 0 Å². The molecule has 0 fully saturated rings. The van der Waals surface area contributed by atoms with Gasteiger partial charge in [-0.2, -0.15) is 0 Å². The first-order chi connectivity index (χ1) is 6.48. The van der Waals surface area contributed by atoms with Crippen molar-refractivity contribution in [1.82, 2.24) is 0 Å². The highest BCUT2D eigenvalue weighted by atomic mass is 19.2. The molecule has 1 heterocycles. The van der Waals surface area contributed by atoms with E-state index in [-0.39, 0.29) is 18.1 Å². The van der Waals surface area contributed by atoms with Crippen molar-refractivity contribution in [1.29, 1.82) is 0 Å². The molecule has 1 aliphatic heterocycles. The van der Waals surface area contributed by atoms with Crippen LogP contribution in [0, 0.1) is 11.6 Å². The molecule has 0 bridgehead atoms. The summed E-state index contributed by atoms with van der Waals surface area (Å²) < 4.78 is 35.5. The monoisotopic (exact) mass is 202 g/mol. The zero-order valence-corrected chi connectivity index (χ0v) is 7.38. The number of aliphatic hydroxyl groups is 1. The molecule has 1 atom stereocenters. The molecule has 1 aliphatic rings. The molecular weight excluding hydrogens is 194 g/mol. The average molecular weight is 202 g/mol. The van der Waals surface area contributed by atoms with Gasteiger partial charge in [-0.3, -0.25) is 0 Å². The number of hydrogen-bond acceptors (Lipinski definition) is 3. The van der Waals surface area contributed by atoms with Gasteiger partial charge in [-0.15, -0.1) is 0 Å². The van der Waals surface area contributed by atoms with Crippen LogP contribution >= 0.6 is 0 Å². The normalized spacial score (nSPS) is 24.9. The number of fused-ring (bicyclic) bond motifs is 1. The topological polar surface area (TPSA) is 38.7 Å². The van der Waals surface area contributed by atoms with Crippen molar-refractivity contribution >= 4 is 0 Å². The number of halogens is 2. The first kappa shape index (κ1) is 9.21. The van der Waals surface area contributed by atoms with Crippen LogP contribution in [0.4, 0.5) is 8.78 Å². The van der Waals surface area contributed by atoms with Gasteiger partial charge in [-0.1, -0.05) is 0 Å². The zero-order chi connectivity index (χ0) is 10.3. The number of hydrogen-bond donors (Lipinski definition) is 1. The maximum Gasteiger partial charge on any atom is 0.239 e. The second-order valence-corrected chi connectivity index (χ2v) is 3.28. The van der Waals surface area contributed by atoms with Crippen molar-refractivity contribution in [2.75, 3.05) is 6.61 Å². The van der Waals surface area contributed by atoms with Gasteiger partial charge in [-0.25, -0.2) is 8.78 Å². The van der Waals surface area contributed by atoms with Crippen molar-refractivity contribution < 1.29 is 23.4 Å². The maximum atomic E-state index is 12.8. The van der Waals surface area contributed by atoms with Gasteiger partial charge >= 0.3 is 0 Å². The highest BCUT2D eigenvalue weighted by Crippen LogP contribution is 2.35. The van der Waals surface area contributed by atoms with Crippen LogP contribution in [0.2, 0.25) is 0 Å². The molecule has 76 valence electrons. The summed E-state index contributed by atoms with van der Waals surface area (Å²) in [5.74, 6) is -3.45. The number of ether oxygens (including phenoxy) is 2. The Morgan fingerprint density at radius 2 is 1.86 bits per heavy atom. The Morgan fingerprint density at radius 3 is 2.50 bits per heavy atom. The summed E-state index contributed by atoms with van der Waals surface area (Å²) in [6.45, 7) is 1.25. The minimum absolute atomic E-state index is 0.000139. The zero-order valence-electron chi connectivity index (χ0n) is 7.38. The van der Waals surface area contributed by atoms with E-state index < -0.39 is 17.4 Å². The van der Waals surface area contributed by atoms with Crippen LogP contribution < -0.4 is 9.47 Å². The van der Waals surface area contributed by atoms with E-state index in [2.05, 4.69) is 0 Å². The van der Waals surface area contributed by atoms with Crippen LogP contribution in [0.15, 0.2) is 12.1 Å². The highest BCUT2D eigenvalue weighted by molar-refractivity contribution is 5.42. The molecule has 2 rings (SSSR count). The Morgan fingerprint density at radius 1 is 1.29 bits per heavy atom. The molecule has 0 saturated carbocycles. The fourth-order valence-electron chi connectivity index (χ4n) is 1.18. The standard InChI is InChI=1S/C9H8F2O3/c1-9(12)4-13-7-2-5(10)6(11)3-8(7)14-9/h2-3,12H,4H2,1H3. The summed E-state index contributed by atoms with van der Waals surface area (Å²) >= 11 is 0. The molecule has 14 heavy (non-hydrogen) atoms. The van der Waals surface area contributed by atoms with Crippen LogP contribution in [0.3, 0.4) is 0 Å². The van der Waals surface area contributed by atoms with Crippen LogP contribution in [0.1, 0.15) is 6.92 Å². The molecule has 0 saturated heterocycles. The SMILES string of the molecule is CC1(O)COc2cc(F)c(F)cc2O1. The molecule has 0 aromatic heterocycles. The lowest BCUT2D eigenvalue weighted by molar-refractivity contribution is -0.160. The van der Waals surface area contributed by atoms with E-state index in [1.54, 1.807) is 0 Å². The van der Waals surface area contributed by atoms with Crippen molar-refractivity contribution in [2.24, 2.45) is 0 Å². The van der Waals surface area contributed by atoms with Crippen molar-refractivity contribution in [3.63, 3.8) is 0 Å². The second kappa shape index (κ2) is 2.81. The van der Waals surface area contributed by atoms with E-state index in [0.29, 0.717) is 0 Å². The summed E-state index contributed by atoms with van der Waals surface area (Å²) in [7, 11) is 0. The predicted molar refractivity (Wildman–Crippen MR) is 43.1 cm³/mol. The fraction of sp³-hybridized carbons (Fsp3) is 0.333. The minimum atomic E-state index is -1.50. The minimum Gasteiger partial charge on any atom is -0.483 e. The van der Waals surface area contributed by atoms with Gasteiger partial charge < -0.3 is 14.6 Å². The molecule has 0 radical (unpaired) electrons. The molecule has 1 aromatic rings. The Bertz CT molecular complexity index is 377. The fourth-order valence-corrected chi connectivity index (χ4v) is 1.18. The summed E-state index contributed by atoms with van der Waals surface area (Å²) in [5, 5.41) is 9.42. The third kappa shape index (κ3) is 1.50. The molecule has 1 N–H and O–H groups in total. The molecule has 5 heteroatoms. The average Bonchev–Trinajstić information content (AvgIpc) is 2.07. The summed E-state index contributed by atoms with van der Waals surface area (Å²) in [5.41, 5.74) is 0. The van der Waals surface area contributed by atoms with Crippen molar-refractivity contribution in [2.45, 2.75) is 12.7 Å². The lowest BCUT2D eigenvalue weighted by atomic mass is 10.2. The molecule has 1 aromatic carbocycles. The lowest BCUT2D eigenvalue weighted by Gasteiger charge is -2.30. The number of rotatable bonds is 0. The highest BCUT2D eigenvalue weighted by Gasteiger charge is 2.31. The van der Waals surface area contributed by atoms with Crippen LogP contribution in [-0.4, -0.2) is 17.5 Å². The Labute approximate surface area is 78.9 Å². The van der Waals surface area contributed by atoms with Crippen molar-refractivity contribution in [3.8, 4) is 11.5 Å². The molecule has 0 spiro atoms. The summed E-state index contributed by atoms with van der Waals surface area (Å²) in [6, 6.07) is 1.73. The molecule has 1 unspecified atom stereocenters. The number of benzene rings is 1. The smallest absolute Gasteiger partial charge is 0.239 e. The van der Waals surface area contributed by atoms with E-state index in [1.165, 1.54) is 6.92 Å². The van der Waals surface area contributed by atoms with E-state index in [1.807, 2.05) is 0 Å². The maximum absolute atomic E-state index is 12.8. The van der Waals surface area contributed by atoms with Crippen LogP contribution in [0.25, 0.3) is 0 Å². The second-order valence-electron chi connectivity index (χ2n) is 3.28. The third-order valence-corrected chi connectivity index (χ3v) is 1.81. The Balaban J connectivity index is 2.43. The molecular formula is C9H8F2O3. The lowest BCUT2D eigenvalue weighted by Crippen LogP contribution is -2.41. The summed E-state index contributed by atoms with van der Waals surface area (Å²) in [6.07, 6.45) is 0. The van der Waals surface area contributed by atoms with Gasteiger partial charge in [0, 0.05) is 19.1 Å². The predicted octanol–water partition coefficient (Wildman–Crippen LogP) is 1.44. The van der Waals surface area contributed by atoms with Gasteiger partial charge in [0.2, 0.25) is 5.79 Å². The Kier molecular flexibility index (Phi) is 1.85.